The van der Waals surface area contributed by atoms with Crippen LogP contribution < -0.4 is 10.6 Å². The topological polar surface area (TPSA) is 61.4 Å². The average Bonchev–Trinajstić information content (AvgIpc) is 2.36. The van der Waals surface area contributed by atoms with Gasteiger partial charge in [-0.25, -0.2) is 18.0 Å². The molecule has 2 amide bonds. The van der Waals surface area contributed by atoms with E-state index in [1.54, 1.807) is 0 Å². The molecule has 20 heavy (non-hydrogen) atoms. The van der Waals surface area contributed by atoms with E-state index in [1.165, 1.54) is 6.07 Å². The van der Waals surface area contributed by atoms with E-state index in [1.807, 2.05) is 0 Å². The predicted molar refractivity (Wildman–Crippen MR) is 67.1 cm³/mol. The van der Waals surface area contributed by atoms with Gasteiger partial charge in [-0.3, -0.25) is 0 Å². The molecule has 0 aliphatic heterocycles. The first kappa shape index (κ1) is 13.7. The van der Waals surface area contributed by atoms with E-state index in [0.29, 0.717) is 6.07 Å². The first-order valence-corrected chi connectivity index (χ1v) is 5.47. The maximum absolute atomic E-state index is 13.4. The van der Waals surface area contributed by atoms with Gasteiger partial charge in [-0.15, -0.1) is 0 Å². The molecule has 0 bridgehead atoms. The number of phenolic OH excluding ortho intramolecular Hbond substituents is 1. The Morgan fingerprint density at radius 3 is 2.00 bits per heavy atom. The van der Waals surface area contributed by atoms with E-state index in [9.17, 15) is 18.0 Å². The van der Waals surface area contributed by atoms with Gasteiger partial charge in [0.05, 0.1) is 11.4 Å². The first-order chi connectivity index (χ1) is 9.45. The van der Waals surface area contributed by atoms with E-state index >= 15 is 0 Å². The quantitative estimate of drug-likeness (QED) is 0.739. The van der Waals surface area contributed by atoms with Crippen LogP contribution in [0.15, 0.2) is 36.4 Å². The molecule has 0 aliphatic carbocycles. The number of hydrogen-bond acceptors (Lipinski definition) is 2. The van der Waals surface area contributed by atoms with Crippen LogP contribution in [-0.4, -0.2) is 11.1 Å². The summed E-state index contributed by atoms with van der Waals surface area (Å²) >= 11 is 0. The number of rotatable bonds is 2. The van der Waals surface area contributed by atoms with Crippen molar-refractivity contribution in [1.29, 1.82) is 0 Å². The summed E-state index contributed by atoms with van der Waals surface area (Å²) < 4.78 is 39.3. The van der Waals surface area contributed by atoms with Crippen molar-refractivity contribution >= 4 is 17.4 Å². The third kappa shape index (κ3) is 3.19. The average molecular weight is 282 g/mol. The summed E-state index contributed by atoms with van der Waals surface area (Å²) in [5, 5.41) is 13.3. The zero-order valence-electron chi connectivity index (χ0n) is 9.95. The summed E-state index contributed by atoms with van der Waals surface area (Å²) in [6.07, 6.45) is 0. The van der Waals surface area contributed by atoms with E-state index in [0.717, 1.165) is 24.3 Å². The molecule has 2 aromatic rings. The van der Waals surface area contributed by atoms with Crippen molar-refractivity contribution in [2.24, 2.45) is 0 Å². The van der Waals surface area contributed by atoms with Crippen LogP contribution in [0, 0.1) is 17.5 Å². The highest BCUT2D eigenvalue weighted by Crippen LogP contribution is 2.20. The molecule has 0 saturated heterocycles. The normalized spacial score (nSPS) is 10.2. The second-order valence-electron chi connectivity index (χ2n) is 3.87. The lowest BCUT2D eigenvalue weighted by atomic mass is 10.3. The van der Waals surface area contributed by atoms with Gasteiger partial charge in [0.2, 0.25) is 0 Å². The van der Waals surface area contributed by atoms with Crippen LogP contribution in [0.25, 0.3) is 0 Å². The number of benzene rings is 2. The van der Waals surface area contributed by atoms with Gasteiger partial charge < -0.3 is 15.7 Å². The number of carbonyl (C=O) groups is 1. The van der Waals surface area contributed by atoms with Crippen LogP contribution in [0.1, 0.15) is 0 Å². The lowest BCUT2D eigenvalue weighted by molar-refractivity contribution is 0.262. The van der Waals surface area contributed by atoms with Crippen molar-refractivity contribution in [2.45, 2.75) is 0 Å². The Hall–Kier alpha value is -2.70. The highest BCUT2D eigenvalue weighted by molar-refractivity contribution is 5.99. The fourth-order valence-electron chi connectivity index (χ4n) is 1.47. The summed E-state index contributed by atoms with van der Waals surface area (Å²) in [4.78, 5) is 11.5. The van der Waals surface area contributed by atoms with Gasteiger partial charge in [-0.1, -0.05) is 0 Å². The number of phenols is 1. The van der Waals surface area contributed by atoms with Gasteiger partial charge in [0.1, 0.15) is 23.2 Å². The zero-order chi connectivity index (χ0) is 14.7. The smallest absolute Gasteiger partial charge is 0.323 e. The molecular formula is C13H9F3N2O2. The van der Waals surface area contributed by atoms with Gasteiger partial charge in [0, 0.05) is 12.1 Å². The lowest BCUT2D eigenvalue weighted by Gasteiger charge is -2.09. The molecular weight excluding hydrogens is 273 g/mol. The third-order valence-corrected chi connectivity index (χ3v) is 2.38. The number of anilines is 2. The highest BCUT2D eigenvalue weighted by Gasteiger charge is 2.10. The minimum atomic E-state index is -0.952. The Morgan fingerprint density at radius 1 is 0.900 bits per heavy atom. The molecule has 2 rings (SSSR count). The molecule has 3 N–H and O–H groups in total. The van der Waals surface area contributed by atoms with Gasteiger partial charge in [-0.05, 0) is 24.3 Å². The van der Waals surface area contributed by atoms with Crippen molar-refractivity contribution in [3.05, 3.63) is 53.8 Å². The van der Waals surface area contributed by atoms with Gasteiger partial charge in [-0.2, -0.15) is 0 Å². The predicted octanol–water partition coefficient (Wildman–Crippen LogP) is 3.45. The summed E-state index contributed by atoms with van der Waals surface area (Å²) in [6.45, 7) is 0. The summed E-state index contributed by atoms with van der Waals surface area (Å²) in [6, 6.07) is 4.85. The summed E-state index contributed by atoms with van der Waals surface area (Å²) in [5.74, 6) is -2.87. The van der Waals surface area contributed by atoms with Crippen molar-refractivity contribution < 1.29 is 23.1 Å². The largest absolute Gasteiger partial charge is 0.508 e. The van der Waals surface area contributed by atoms with Crippen molar-refractivity contribution in [1.82, 2.24) is 0 Å². The molecule has 0 spiro atoms. The fourth-order valence-corrected chi connectivity index (χ4v) is 1.47. The Balaban J connectivity index is 2.09. The van der Waals surface area contributed by atoms with Gasteiger partial charge in [0.25, 0.3) is 0 Å². The van der Waals surface area contributed by atoms with Gasteiger partial charge >= 0.3 is 6.03 Å². The molecule has 0 aromatic heterocycles. The third-order valence-electron chi connectivity index (χ3n) is 2.38. The number of halogens is 3. The second-order valence-corrected chi connectivity index (χ2v) is 3.87. The van der Waals surface area contributed by atoms with Crippen LogP contribution >= 0.6 is 0 Å². The van der Waals surface area contributed by atoms with Crippen LogP contribution in [0.5, 0.6) is 5.75 Å². The number of nitrogens with one attached hydrogen (secondary N) is 2. The number of carbonyl (C=O) groups excluding carboxylic acids is 1. The van der Waals surface area contributed by atoms with E-state index in [2.05, 4.69) is 10.6 Å². The fraction of sp³-hybridized carbons (Fsp3) is 0. The van der Waals surface area contributed by atoms with Crippen molar-refractivity contribution in [3.8, 4) is 5.75 Å². The first-order valence-electron chi connectivity index (χ1n) is 5.47. The Morgan fingerprint density at radius 2 is 1.45 bits per heavy atom. The molecule has 0 heterocycles. The lowest BCUT2D eigenvalue weighted by Crippen LogP contribution is -2.20. The minimum Gasteiger partial charge on any atom is -0.508 e. The van der Waals surface area contributed by atoms with Crippen molar-refractivity contribution in [2.75, 3.05) is 10.6 Å². The Kier molecular flexibility index (Phi) is 3.79. The van der Waals surface area contributed by atoms with Crippen LogP contribution in [0.4, 0.5) is 29.3 Å². The van der Waals surface area contributed by atoms with E-state index in [4.69, 9.17) is 5.11 Å². The molecule has 0 aliphatic rings. The Bertz CT molecular complexity index is 607. The van der Waals surface area contributed by atoms with E-state index < -0.39 is 23.5 Å². The maximum Gasteiger partial charge on any atom is 0.323 e. The van der Waals surface area contributed by atoms with Crippen LogP contribution in [0.2, 0.25) is 0 Å². The molecule has 4 nitrogen and oxygen atoms in total. The molecule has 0 fully saturated rings. The molecule has 0 saturated carbocycles. The molecule has 0 unspecified atom stereocenters. The zero-order valence-corrected chi connectivity index (χ0v) is 9.95. The summed E-state index contributed by atoms with van der Waals surface area (Å²) in [7, 11) is 0. The Labute approximate surface area is 111 Å². The maximum atomic E-state index is 13.4. The van der Waals surface area contributed by atoms with Crippen molar-refractivity contribution in [3.63, 3.8) is 0 Å². The number of amides is 2. The highest BCUT2D eigenvalue weighted by atomic mass is 19.1. The SMILES string of the molecule is O=C(Nc1ccc(O)cc1F)Nc1ccc(F)cc1F. The monoisotopic (exact) mass is 282 g/mol. The summed E-state index contributed by atoms with van der Waals surface area (Å²) in [5.41, 5.74) is -0.439. The number of hydrogen-bond donors (Lipinski definition) is 3. The molecule has 0 radical (unpaired) electrons. The minimum absolute atomic E-state index is 0.192. The standard InChI is InChI=1S/C13H9F3N2O2/c14-7-1-3-11(9(15)5-7)17-13(20)18-12-4-2-8(19)6-10(12)16/h1-6,19H,(H2,17,18,20). The molecule has 2 aromatic carbocycles. The van der Waals surface area contributed by atoms with Gasteiger partial charge in [0.15, 0.2) is 0 Å². The van der Waals surface area contributed by atoms with Crippen LogP contribution in [-0.2, 0) is 0 Å². The number of urea groups is 1. The van der Waals surface area contributed by atoms with E-state index in [-0.39, 0.29) is 17.1 Å². The molecule has 7 heteroatoms. The second kappa shape index (κ2) is 5.52. The van der Waals surface area contributed by atoms with Crippen LogP contribution in [0.3, 0.4) is 0 Å². The molecule has 104 valence electrons. The molecule has 0 atom stereocenters. The number of aromatic hydroxyl groups is 1.